The number of fused-ring (bicyclic) bond motifs is 1. The van der Waals surface area contributed by atoms with E-state index in [2.05, 4.69) is 46.3 Å². The van der Waals surface area contributed by atoms with E-state index in [1.54, 1.807) is 13.3 Å². The van der Waals surface area contributed by atoms with Gasteiger partial charge in [0, 0.05) is 68.7 Å². The number of nitriles is 1. The SMILES string of the molecule is COCCNCc1cc(O[C@H]2CC[C@@H](N3CC(CC#N)(n4cc(-c5ncnc6[nH]ccc56)cn4)C3)CC2)nc(C(F)(F)F)n1.O=C(O)C(F)(F)F.O=C(O)C(F)(F)F.O=C(O)C(F)(F)F. The lowest BCUT2D eigenvalue weighted by Crippen LogP contribution is -2.65. The summed E-state index contributed by atoms with van der Waals surface area (Å²) in [5.41, 5.74) is 2.16. The predicted octanol–water partition coefficient (Wildman–Crippen LogP) is 5.58. The second-order valence-corrected chi connectivity index (χ2v) is 13.7. The molecule has 0 unspecified atom stereocenters. The summed E-state index contributed by atoms with van der Waals surface area (Å²) in [6.07, 6.45) is -9.76. The highest BCUT2D eigenvalue weighted by Crippen LogP contribution is 2.39. The van der Waals surface area contributed by atoms with Crippen LogP contribution in [0, 0.1) is 11.3 Å². The van der Waals surface area contributed by atoms with Crippen molar-refractivity contribution in [2.45, 2.75) is 81.0 Å². The number of alkyl halides is 12. The van der Waals surface area contributed by atoms with E-state index in [-0.39, 0.29) is 30.3 Å². The van der Waals surface area contributed by atoms with Crippen molar-refractivity contribution in [3.63, 3.8) is 0 Å². The Morgan fingerprint density at radius 2 is 1.48 bits per heavy atom. The third-order valence-corrected chi connectivity index (χ3v) is 9.07. The molecule has 2 fully saturated rings. The largest absolute Gasteiger partial charge is 0.490 e. The quantitative estimate of drug-likeness (QED) is 0.0909. The second kappa shape index (κ2) is 22.0. The van der Waals surface area contributed by atoms with E-state index in [0.29, 0.717) is 45.5 Å². The van der Waals surface area contributed by atoms with Crippen LogP contribution < -0.4 is 10.1 Å². The first kappa shape index (κ1) is 53.0. The Morgan fingerprint density at radius 1 is 0.908 bits per heavy atom. The van der Waals surface area contributed by atoms with Gasteiger partial charge in [-0.05, 0) is 31.7 Å². The minimum absolute atomic E-state index is 0.0635. The summed E-state index contributed by atoms with van der Waals surface area (Å²) in [4.78, 5) is 48.2. The Morgan fingerprint density at radius 3 is 1.98 bits per heavy atom. The first-order valence-corrected chi connectivity index (χ1v) is 18.3. The van der Waals surface area contributed by atoms with Gasteiger partial charge in [-0.3, -0.25) is 9.58 Å². The summed E-state index contributed by atoms with van der Waals surface area (Å²) in [5.74, 6) is -9.54. The van der Waals surface area contributed by atoms with Crippen LogP contribution in [-0.4, -0.2) is 137 Å². The molecule has 358 valence electrons. The van der Waals surface area contributed by atoms with Gasteiger partial charge in [-0.15, -0.1) is 0 Å². The lowest BCUT2D eigenvalue weighted by atomic mass is 9.82. The number of aliphatic carboxylic acids is 3. The zero-order valence-electron chi connectivity index (χ0n) is 33.2. The van der Waals surface area contributed by atoms with Crippen molar-refractivity contribution in [2.24, 2.45) is 0 Å². The highest BCUT2D eigenvalue weighted by Gasteiger charge is 2.48. The first-order chi connectivity index (χ1) is 30.1. The standard InChI is InChI=1S/C29H33F3N10O2.3C2HF3O2/c1-43-11-10-34-14-20-12-24(40-27(39-20)29(30,31)32)44-22-4-2-21(3-5-22)41-16-28(17-41,7-8-33)42-15-19(13-38-42)25-23-6-9-35-26(23)37-18-36-25;3*3-2(4,5)1(6)7/h6,9,12-13,15,18,21-22,34H,2-5,7,10-11,14,16-17H2,1H3,(H,35,36,37);3*(H,6,7)/t21-,22+;;;. The summed E-state index contributed by atoms with van der Waals surface area (Å²) < 4.78 is 148. The molecule has 0 atom stereocenters. The number of rotatable bonds is 11. The second-order valence-electron chi connectivity index (χ2n) is 13.7. The average molecular weight is 953 g/mol. The molecule has 4 aromatic rings. The smallest absolute Gasteiger partial charge is 0.475 e. The number of methoxy groups -OCH3 is 1. The minimum atomic E-state index is -5.08. The number of H-pyrrole nitrogens is 1. The van der Waals surface area contributed by atoms with Gasteiger partial charge in [0.25, 0.3) is 0 Å². The molecule has 0 radical (unpaired) electrons. The molecule has 5 N–H and O–H groups in total. The lowest BCUT2D eigenvalue weighted by Gasteiger charge is -2.53. The Bertz CT molecular complexity index is 2190. The molecule has 65 heavy (non-hydrogen) atoms. The van der Waals surface area contributed by atoms with Crippen LogP contribution in [0.4, 0.5) is 52.7 Å². The van der Waals surface area contributed by atoms with Crippen LogP contribution in [-0.2, 0) is 37.4 Å². The Hall–Kier alpha value is -6.35. The van der Waals surface area contributed by atoms with Gasteiger partial charge in [-0.25, -0.2) is 29.3 Å². The van der Waals surface area contributed by atoms with Crippen LogP contribution in [0.2, 0.25) is 0 Å². The van der Waals surface area contributed by atoms with Crippen molar-refractivity contribution >= 4 is 28.9 Å². The van der Waals surface area contributed by atoms with Crippen molar-refractivity contribution in [1.29, 1.82) is 5.26 Å². The van der Waals surface area contributed by atoms with Crippen molar-refractivity contribution in [2.75, 3.05) is 33.4 Å². The maximum atomic E-state index is 13.5. The maximum Gasteiger partial charge on any atom is 0.490 e. The number of aromatic amines is 1. The van der Waals surface area contributed by atoms with Crippen LogP contribution in [0.1, 0.15) is 43.6 Å². The fourth-order valence-electron chi connectivity index (χ4n) is 6.10. The van der Waals surface area contributed by atoms with E-state index in [1.807, 2.05) is 23.1 Å². The van der Waals surface area contributed by atoms with Gasteiger partial charge in [0.15, 0.2) is 0 Å². The number of hydrogen-bond donors (Lipinski definition) is 5. The first-order valence-electron chi connectivity index (χ1n) is 18.3. The van der Waals surface area contributed by atoms with Crippen LogP contribution >= 0.6 is 0 Å². The molecule has 0 bridgehead atoms. The van der Waals surface area contributed by atoms with Crippen molar-refractivity contribution in [3.8, 4) is 23.2 Å². The third-order valence-electron chi connectivity index (χ3n) is 9.07. The molecule has 1 aliphatic carbocycles. The highest BCUT2D eigenvalue weighted by molar-refractivity contribution is 5.90. The molecule has 18 nitrogen and oxygen atoms in total. The van der Waals surface area contributed by atoms with Crippen LogP contribution in [0.15, 0.2) is 37.1 Å². The zero-order chi connectivity index (χ0) is 49.0. The lowest BCUT2D eigenvalue weighted by molar-refractivity contribution is -0.193. The van der Waals surface area contributed by atoms with E-state index in [0.717, 1.165) is 35.1 Å². The van der Waals surface area contributed by atoms with E-state index in [4.69, 9.17) is 39.2 Å². The minimum Gasteiger partial charge on any atom is -0.475 e. The van der Waals surface area contributed by atoms with Gasteiger partial charge < -0.3 is 35.1 Å². The van der Waals surface area contributed by atoms with Crippen LogP contribution in [0.25, 0.3) is 22.3 Å². The fraction of sp³-hybridized carbons (Fsp3) is 0.514. The zero-order valence-corrected chi connectivity index (χ0v) is 33.2. The topological polar surface area (TPSA) is 255 Å². The third kappa shape index (κ3) is 15.7. The number of likely N-dealkylation sites (tertiary alicyclic amines) is 1. The van der Waals surface area contributed by atoms with E-state index >= 15 is 0 Å². The van der Waals surface area contributed by atoms with E-state index in [1.165, 1.54) is 12.4 Å². The number of hydrogen-bond acceptors (Lipinski definition) is 13. The van der Waals surface area contributed by atoms with E-state index in [9.17, 15) is 57.9 Å². The normalized spacial score (nSPS) is 17.4. The Labute approximate surface area is 357 Å². The Kier molecular flexibility index (Phi) is 18.0. The molecule has 6 rings (SSSR count). The number of ether oxygens (including phenoxy) is 2. The van der Waals surface area contributed by atoms with Crippen molar-refractivity contribution in [1.82, 2.24) is 44.9 Å². The molecule has 30 heteroatoms. The molecule has 5 heterocycles. The van der Waals surface area contributed by atoms with Gasteiger partial charge >= 0.3 is 42.6 Å². The van der Waals surface area contributed by atoms with Gasteiger partial charge in [-0.2, -0.15) is 68.0 Å². The summed E-state index contributed by atoms with van der Waals surface area (Å²) in [6, 6.07) is 6.02. The van der Waals surface area contributed by atoms with Gasteiger partial charge in [0.2, 0.25) is 11.7 Å². The van der Waals surface area contributed by atoms with Crippen molar-refractivity contribution in [3.05, 3.63) is 48.6 Å². The number of nitrogens with zero attached hydrogens (tertiary/aromatic N) is 8. The summed E-state index contributed by atoms with van der Waals surface area (Å²) >= 11 is 0. The number of nitrogens with one attached hydrogen (secondary N) is 2. The van der Waals surface area contributed by atoms with Crippen LogP contribution in [0.3, 0.4) is 0 Å². The Balaban J connectivity index is 0.000000443. The number of carbonyl (C=O) groups is 3. The molecule has 0 aromatic carbocycles. The molecular formula is C35H36F12N10O8. The van der Waals surface area contributed by atoms with E-state index < -0.39 is 54.0 Å². The predicted molar refractivity (Wildman–Crippen MR) is 193 cm³/mol. The number of carboxylic acid groups (broad SMARTS) is 3. The molecule has 1 saturated heterocycles. The molecule has 0 amide bonds. The molecule has 2 aliphatic rings. The molecular weight excluding hydrogens is 916 g/mol. The van der Waals surface area contributed by atoms with Gasteiger partial charge in [0.1, 0.15) is 23.6 Å². The van der Waals surface area contributed by atoms with Crippen molar-refractivity contribution < 1.29 is 91.9 Å². The number of aromatic nitrogens is 7. The number of halogens is 12. The van der Waals surface area contributed by atoms with Crippen LogP contribution in [0.5, 0.6) is 5.88 Å². The molecule has 1 aliphatic heterocycles. The summed E-state index contributed by atoms with van der Waals surface area (Å²) in [5, 5.41) is 39.6. The average Bonchev–Trinajstić information content (AvgIpc) is 3.89. The molecule has 0 spiro atoms. The summed E-state index contributed by atoms with van der Waals surface area (Å²) in [6.45, 7) is 2.42. The van der Waals surface area contributed by atoms with Gasteiger partial charge in [-0.1, -0.05) is 0 Å². The fourth-order valence-corrected chi connectivity index (χ4v) is 6.10. The molecule has 1 saturated carbocycles. The summed E-state index contributed by atoms with van der Waals surface area (Å²) in [7, 11) is 1.55. The monoisotopic (exact) mass is 952 g/mol. The number of carboxylic acids is 3. The molecule has 4 aromatic heterocycles. The highest BCUT2D eigenvalue weighted by atomic mass is 19.4. The van der Waals surface area contributed by atoms with Gasteiger partial charge in [0.05, 0.1) is 36.7 Å². The maximum absolute atomic E-state index is 13.5.